The van der Waals surface area contributed by atoms with E-state index in [0.717, 1.165) is 12.1 Å². The van der Waals surface area contributed by atoms with Crippen LogP contribution in [0.2, 0.25) is 0 Å². The van der Waals surface area contributed by atoms with Crippen molar-refractivity contribution in [1.82, 2.24) is 15.0 Å². The molecule has 0 unspecified atom stereocenters. The molecule has 0 spiro atoms. The zero-order chi connectivity index (χ0) is 13.3. The number of nitro groups is 1. The summed E-state index contributed by atoms with van der Waals surface area (Å²) in [4.78, 5) is 10.5. The monoisotopic (exact) mass is 258 g/mol. The maximum atomic E-state index is 12.7. The number of aromatic nitrogens is 3. The lowest BCUT2D eigenvalue weighted by Crippen LogP contribution is -2.12. The number of hydrogen-bond acceptors (Lipinski definition) is 4. The first kappa shape index (κ1) is 12.0. The molecule has 0 fully saturated rings. The van der Waals surface area contributed by atoms with Crippen LogP contribution in [0.25, 0.3) is 5.69 Å². The lowest BCUT2D eigenvalue weighted by Gasteiger charge is -2.11. The largest absolute Gasteiger partial charge is 0.418 e. The topological polar surface area (TPSA) is 73.8 Å². The average Bonchev–Trinajstić information content (AvgIpc) is 2.80. The molecule has 1 aromatic heterocycles. The molecule has 0 saturated carbocycles. The van der Waals surface area contributed by atoms with Crippen LogP contribution in [0.5, 0.6) is 0 Å². The van der Waals surface area contributed by atoms with E-state index in [2.05, 4.69) is 10.2 Å². The van der Waals surface area contributed by atoms with Gasteiger partial charge in [0.15, 0.2) is 0 Å². The zero-order valence-corrected chi connectivity index (χ0v) is 8.63. The first-order chi connectivity index (χ1) is 8.39. The minimum Gasteiger partial charge on any atom is -0.258 e. The number of nitrogens with zero attached hydrogens (tertiary/aromatic N) is 4. The molecule has 0 atom stereocenters. The predicted molar refractivity (Wildman–Crippen MR) is 53.0 cm³/mol. The molecule has 94 valence electrons. The standard InChI is InChI=1S/C9H5F3N4O2/c10-9(11,12)7-2-1-6(16(17)18)5-8(7)15-13-3-4-14-15/h1-5H. The number of alkyl halides is 3. The number of nitro benzene ring substituents is 1. The Balaban J connectivity index is 2.65. The van der Waals surface area contributed by atoms with Crippen molar-refractivity contribution in [2.45, 2.75) is 6.18 Å². The van der Waals surface area contributed by atoms with E-state index in [1.807, 2.05) is 0 Å². The second kappa shape index (κ2) is 4.09. The van der Waals surface area contributed by atoms with Gasteiger partial charge >= 0.3 is 6.18 Å². The smallest absolute Gasteiger partial charge is 0.258 e. The minimum atomic E-state index is -4.64. The third kappa shape index (κ3) is 2.14. The number of non-ortho nitro benzene ring substituents is 1. The van der Waals surface area contributed by atoms with Crippen molar-refractivity contribution in [3.8, 4) is 5.69 Å². The van der Waals surface area contributed by atoms with Crippen LogP contribution in [0.1, 0.15) is 5.56 Å². The summed E-state index contributed by atoms with van der Waals surface area (Å²) in [5.74, 6) is 0. The molecule has 0 aliphatic carbocycles. The summed E-state index contributed by atoms with van der Waals surface area (Å²) < 4.78 is 38.2. The van der Waals surface area contributed by atoms with Gasteiger partial charge in [0.25, 0.3) is 5.69 Å². The lowest BCUT2D eigenvalue weighted by atomic mass is 10.1. The Labute approximate surface area is 97.8 Å². The van der Waals surface area contributed by atoms with Crippen molar-refractivity contribution in [3.63, 3.8) is 0 Å². The highest BCUT2D eigenvalue weighted by Gasteiger charge is 2.35. The van der Waals surface area contributed by atoms with E-state index in [9.17, 15) is 23.3 Å². The number of rotatable bonds is 2. The molecule has 0 N–H and O–H groups in total. The van der Waals surface area contributed by atoms with Gasteiger partial charge < -0.3 is 0 Å². The first-order valence-corrected chi connectivity index (χ1v) is 4.62. The minimum absolute atomic E-state index is 0.463. The fourth-order valence-corrected chi connectivity index (χ4v) is 1.38. The van der Waals surface area contributed by atoms with Gasteiger partial charge in [-0.05, 0) is 6.07 Å². The van der Waals surface area contributed by atoms with Gasteiger partial charge in [-0.2, -0.15) is 28.2 Å². The van der Waals surface area contributed by atoms with Gasteiger partial charge in [-0.25, -0.2) is 0 Å². The van der Waals surface area contributed by atoms with Crippen LogP contribution in [-0.4, -0.2) is 19.9 Å². The maximum absolute atomic E-state index is 12.7. The summed E-state index contributed by atoms with van der Waals surface area (Å²) in [5, 5.41) is 17.6. The highest BCUT2D eigenvalue weighted by Crippen LogP contribution is 2.35. The average molecular weight is 258 g/mol. The zero-order valence-electron chi connectivity index (χ0n) is 8.63. The summed E-state index contributed by atoms with van der Waals surface area (Å²) in [5.41, 5.74) is -1.98. The Morgan fingerprint density at radius 3 is 2.33 bits per heavy atom. The van der Waals surface area contributed by atoms with E-state index < -0.39 is 28.0 Å². The molecular formula is C9H5F3N4O2. The number of hydrogen-bond donors (Lipinski definition) is 0. The Hall–Kier alpha value is -2.45. The van der Waals surface area contributed by atoms with Crippen LogP contribution >= 0.6 is 0 Å². The van der Waals surface area contributed by atoms with E-state index in [0.29, 0.717) is 10.9 Å². The normalized spacial score (nSPS) is 11.5. The van der Waals surface area contributed by atoms with Crippen molar-refractivity contribution in [1.29, 1.82) is 0 Å². The van der Waals surface area contributed by atoms with Gasteiger partial charge in [-0.3, -0.25) is 10.1 Å². The maximum Gasteiger partial charge on any atom is 0.418 e. The van der Waals surface area contributed by atoms with Crippen LogP contribution < -0.4 is 0 Å². The molecule has 1 aromatic carbocycles. The number of benzene rings is 1. The summed E-state index contributed by atoms with van der Waals surface area (Å²) in [7, 11) is 0. The predicted octanol–water partition coefficient (Wildman–Crippen LogP) is 2.19. The summed E-state index contributed by atoms with van der Waals surface area (Å²) in [6.07, 6.45) is -2.28. The molecule has 0 amide bonds. The van der Waals surface area contributed by atoms with Crippen molar-refractivity contribution in [2.75, 3.05) is 0 Å². The van der Waals surface area contributed by atoms with Crippen molar-refractivity contribution in [2.24, 2.45) is 0 Å². The van der Waals surface area contributed by atoms with E-state index in [-0.39, 0.29) is 0 Å². The van der Waals surface area contributed by atoms with Crippen molar-refractivity contribution in [3.05, 3.63) is 46.3 Å². The second-order valence-electron chi connectivity index (χ2n) is 3.27. The Kier molecular flexibility index (Phi) is 2.73. The molecule has 0 bridgehead atoms. The summed E-state index contributed by atoms with van der Waals surface area (Å²) in [6.45, 7) is 0. The van der Waals surface area contributed by atoms with Crippen LogP contribution in [0.4, 0.5) is 18.9 Å². The molecule has 0 radical (unpaired) electrons. The Morgan fingerprint density at radius 1 is 1.22 bits per heavy atom. The van der Waals surface area contributed by atoms with Crippen molar-refractivity contribution < 1.29 is 18.1 Å². The molecule has 18 heavy (non-hydrogen) atoms. The summed E-state index contributed by atoms with van der Waals surface area (Å²) in [6, 6.07) is 2.20. The Morgan fingerprint density at radius 2 is 1.83 bits per heavy atom. The van der Waals surface area contributed by atoms with Crippen LogP contribution in [0.15, 0.2) is 30.6 Å². The van der Waals surface area contributed by atoms with Gasteiger partial charge in [0, 0.05) is 12.1 Å². The second-order valence-corrected chi connectivity index (χ2v) is 3.27. The van der Waals surface area contributed by atoms with Crippen LogP contribution in [-0.2, 0) is 6.18 Å². The molecule has 6 nitrogen and oxygen atoms in total. The van der Waals surface area contributed by atoms with E-state index >= 15 is 0 Å². The first-order valence-electron chi connectivity index (χ1n) is 4.62. The molecule has 0 aliphatic rings. The van der Waals surface area contributed by atoms with Gasteiger partial charge in [0.2, 0.25) is 0 Å². The molecular weight excluding hydrogens is 253 g/mol. The molecule has 0 aliphatic heterocycles. The lowest BCUT2D eigenvalue weighted by molar-refractivity contribution is -0.384. The van der Waals surface area contributed by atoms with E-state index in [4.69, 9.17) is 0 Å². The quantitative estimate of drug-likeness (QED) is 0.611. The van der Waals surface area contributed by atoms with Crippen LogP contribution in [0.3, 0.4) is 0 Å². The SMILES string of the molecule is O=[N+]([O-])c1ccc(C(F)(F)F)c(-n2nccn2)c1. The fraction of sp³-hybridized carbons (Fsp3) is 0.111. The van der Waals surface area contributed by atoms with Crippen LogP contribution in [0, 0.1) is 10.1 Å². The highest BCUT2D eigenvalue weighted by atomic mass is 19.4. The molecule has 1 heterocycles. The van der Waals surface area contributed by atoms with Gasteiger partial charge in [-0.15, -0.1) is 0 Å². The van der Waals surface area contributed by atoms with Crippen molar-refractivity contribution >= 4 is 5.69 Å². The highest BCUT2D eigenvalue weighted by molar-refractivity contribution is 5.49. The molecule has 9 heteroatoms. The Bertz CT molecular complexity index is 580. The van der Waals surface area contributed by atoms with E-state index in [1.165, 1.54) is 12.4 Å². The number of halogens is 3. The van der Waals surface area contributed by atoms with Gasteiger partial charge in [-0.1, -0.05) is 0 Å². The molecule has 2 aromatic rings. The fourth-order valence-electron chi connectivity index (χ4n) is 1.38. The van der Waals surface area contributed by atoms with Gasteiger partial charge in [0.05, 0.1) is 22.9 Å². The molecule has 2 rings (SSSR count). The van der Waals surface area contributed by atoms with Gasteiger partial charge in [0.1, 0.15) is 5.69 Å². The van der Waals surface area contributed by atoms with E-state index in [1.54, 1.807) is 0 Å². The molecule has 0 saturated heterocycles. The third-order valence-electron chi connectivity index (χ3n) is 2.13. The third-order valence-corrected chi connectivity index (χ3v) is 2.13. The summed E-state index contributed by atoms with van der Waals surface area (Å²) >= 11 is 0.